The molecule has 106 valence electrons. The molecule has 0 aromatic heterocycles. The highest BCUT2D eigenvalue weighted by atomic mass is 16.5. The van der Waals surface area contributed by atoms with Gasteiger partial charge in [-0.05, 0) is 51.9 Å². The molecule has 0 amide bonds. The van der Waals surface area contributed by atoms with Crippen molar-refractivity contribution in [1.82, 2.24) is 0 Å². The van der Waals surface area contributed by atoms with E-state index in [0.29, 0.717) is 12.5 Å². The van der Waals surface area contributed by atoms with Gasteiger partial charge in [-0.3, -0.25) is 4.79 Å². The van der Waals surface area contributed by atoms with Crippen LogP contribution in [0.2, 0.25) is 0 Å². The second-order valence-corrected chi connectivity index (χ2v) is 5.03. The summed E-state index contributed by atoms with van der Waals surface area (Å²) < 4.78 is 10.5. The molecule has 2 N–H and O–H groups in total. The van der Waals surface area contributed by atoms with Crippen molar-refractivity contribution in [3.8, 4) is 0 Å². The second-order valence-electron chi connectivity index (χ2n) is 5.03. The van der Waals surface area contributed by atoms with E-state index in [2.05, 4.69) is 0 Å². The fourth-order valence-electron chi connectivity index (χ4n) is 2.77. The Morgan fingerprint density at radius 3 is 2.72 bits per heavy atom. The maximum absolute atomic E-state index is 11.9. The predicted octanol–water partition coefficient (Wildman–Crippen LogP) is 2.11. The molecule has 1 aliphatic rings. The van der Waals surface area contributed by atoms with Crippen LogP contribution in [0.4, 0.5) is 0 Å². The van der Waals surface area contributed by atoms with E-state index >= 15 is 0 Å². The Hall–Kier alpha value is -0.610. The molecule has 1 rings (SSSR count). The van der Waals surface area contributed by atoms with E-state index < -0.39 is 0 Å². The van der Waals surface area contributed by atoms with Crippen LogP contribution in [0.3, 0.4) is 0 Å². The van der Waals surface area contributed by atoms with Gasteiger partial charge in [-0.25, -0.2) is 0 Å². The van der Waals surface area contributed by atoms with Crippen molar-refractivity contribution in [3.05, 3.63) is 0 Å². The molecular formula is C14H27NO3. The molecule has 0 saturated heterocycles. The van der Waals surface area contributed by atoms with Gasteiger partial charge in [-0.15, -0.1) is 0 Å². The average Bonchev–Trinajstić information content (AvgIpc) is 2.35. The summed E-state index contributed by atoms with van der Waals surface area (Å²) in [7, 11) is 0. The lowest BCUT2D eigenvalue weighted by Gasteiger charge is -2.33. The lowest BCUT2D eigenvalue weighted by atomic mass is 9.75. The van der Waals surface area contributed by atoms with Gasteiger partial charge in [-0.1, -0.05) is 0 Å². The van der Waals surface area contributed by atoms with Crippen LogP contribution in [-0.4, -0.2) is 31.8 Å². The summed E-state index contributed by atoms with van der Waals surface area (Å²) in [4.78, 5) is 11.9. The SMILES string of the molecule is CCOCCC[C@@H]1C[C@H](N)CC[C@@H]1C(=O)OCC. The summed E-state index contributed by atoms with van der Waals surface area (Å²) >= 11 is 0. The predicted molar refractivity (Wildman–Crippen MR) is 71.2 cm³/mol. The van der Waals surface area contributed by atoms with Crippen molar-refractivity contribution >= 4 is 5.97 Å². The number of esters is 1. The molecule has 0 aliphatic heterocycles. The number of hydrogen-bond acceptors (Lipinski definition) is 4. The highest BCUT2D eigenvalue weighted by Crippen LogP contribution is 2.33. The lowest BCUT2D eigenvalue weighted by molar-refractivity contribution is -0.151. The van der Waals surface area contributed by atoms with E-state index in [1.54, 1.807) is 0 Å². The molecule has 1 saturated carbocycles. The molecular weight excluding hydrogens is 230 g/mol. The summed E-state index contributed by atoms with van der Waals surface area (Å²) in [6, 6.07) is 0.243. The minimum absolute atomic E-state index is 0.0363. The molecule has 1 aliphatic carbocycles. The van der Waals surface area contributed by atoms with Crippen LogP contribution in [0.1, 0.15) is 46.0 Å². The normalized spacial score (nSPS) is 28.1. The summed E-state index contributed by atoms with van der Waals surface area (Å²) in [6.07, 6.45) is 4.76. The Balaban J connectivity index is 2.43. The van der Waals surface area contributed by atoms with Crippen LogP contribution in [0.5, 0.6) is 0 Å². The number of hydrogen-bond donors (Lipinski definition) is 1. The first-order chi connectivity index (χ1) is 8.69. The molecule has 0 unspecified atom stereocenters. The zero-order chi connectivity index (χ0) is 13.4. The standard InChI is InChI=1S/C14H27NO3/c1-3-17-9-5-6-11-10-12(15)7-8-13(11)14(16)18-4-2/h11-13H,3-10,15H2,1-2H3/t11-,12-,13+/m1/s1. The van der Waals surface area contributed by atoms with Crippen molar-refractivity contribution in [2.45, 2.75) is 52.0 Å². The summed E-state index contributed by atoms with van der Waals surface area (Å²) in [6.45, 7) is 5.85. The van der Waals surface area contributed by atoms with E-state index in [1.165, 1.54) is 0 Å². The van der Waals surface area contributed by atoms with E-state index in [9.17, 15) is 4.79 Å². The first-order valence-corrected chi connectivity index (χ1v) is 7.19. The van der Waals surface area contributed by atoms with E-state index in [1.807, 2.05) is 13.8 Å². The second kappa shape index (κ2) is 8.48. The van der Waals surface area contributed by atoms with Crippen molar-refractivity contribution in [3.63, 3.8) is 0 Å². The third-order valence-corrected chi connectivity index (χ3v) is 3.68. The third kappa shape index (κ3) is 4.94. The van der Waals surface area contributed by atoms with Gasteiger partial charge in [0.05, 0.1) is 12.5 Å². The van der Waals surface area contributed by atoms with Gasteiger partial charge < -0.3 is 15.2 Å². The van der Waals surface area contributed by atoms with Crippen LogP contribution < -0.4 is 5.73 Å². The zero-order valence-electron chi connectivity index (χ0n) is 11.7. The Morgan fingerprint density at radius 2 is 2.06 bits per heavy atom. The summed E-state index contributed by atoms with van der Waals surface area (Å²) in [5.74, 6) is 0.380. The molecule has 0 aromatic rings. The van der Waals surface area contributed by atoms with Gasteiger partial charge in [0.25, 0.3) is 0 Å². The molecule has 0 aromatic carbocycles. The first-order valence-electron chi connectivity index (χ1n) is 7.19. The van der Waals surface area contributed by atoms with Crippen molar-refractivity contribution in [2.75, 3.05) is 19.8 Å². The molecule has 3 atom stereocenters. The highest BCUT2D eigenvalue weighted by Gasteiger charge is 2.34. The molecule has 0 radical (unpaired) electrons. The van der Waals surface area contributed by atoms with Crippen molar-refractivity contribution in [1.29, 1.82) is 0 Å². The first kappa shape index (κ1) is 15.4. The average molecular weight is 257 g/mol. The molecule has 1 fully saturated rings. The Labute approximate surface area is 110 Å². The Morgan fingerprint density at radius 1 is 1.28 bits per heavy atom. The smallest absolute Gasteiger partial charge is 0.309 e. The molecule has 4 nitrogen and oxygen atoms in total. The zero-order valence-corrected chi connectivity index (χ0v) is 11.7. The molecule has 4 heteroatoms. The van der Waals surface area contributed by atoms with Crippen LogP contribution in [0.25, 0.3) is 0 Å². The number of carbonyl (C=O) groups excluding carboxylic acids is 1. The molecule has 18 heavy (non-hydrogen) atoms. The van der Waals surface area contributed by atoms with E-state index in [4.69, 9.17) is 15.2 Å². The quantitative estimate of drug-likeness (QED) is 0.560. The van der Waals surface area contributed by atoms with Crippen molar-refractivity contribution in [2.24, 2.45) is 17.6 Å². The van der Waals surface area contributed by atoms with E-state index in [-0.39, 0.29) is 17.9 Å². The Kier molecular flexibility index (Phi) is 7.28. The fourth-order valence-corrected chi connectivity index (χ4v) is 2.77. The largest absolute Gasteiger partial charge is 0.466 e. The molecule has 0 spiro atoms. The third-order valence-electron chi connectivity index (χ3n) is 3.68. The summed E-state index contributed by atoms with van der Waals surface area (Å²) in [5, 5.41) is 0. The summed E-state index contributed by atoms with van der Waals surface area (Å²) in [5.41, 5.74) is 6.01. The fraction of sp³-hybridized carbons (Fsp3) is 0.929. The maximum atomic E-state index is 11.9. The van der Waals surface area contributed by atoms with Gasteiger partial charge in [0.1, 0.15) is 0 Å². The highest BCUT2D eigenvalue weighted by molar-refractivity contribution is 5.72. The number of rotatable bonds is 7. The van der Waals surface area contributed by atoms with Crippen molar-refractivity contribution < 1.29 is 14.3 Å². The van der Waals surface area contributed by atoms with Gasteiger partial charge in [0.2, 0.25) is 0 Å². The monoisotopic (exact) mass is 257 g/mol. The molecule has 0 bridgehead atoms. The lowest BCUT2D eigenvalue weighted by Crippen LogP contribution is -2.37. The van der Waals surface area contributed by atoms with Gasteiger partial charge in [-0.2, -0.15) is 0 Å². The number of ether oxygens (including phenoxy) is 2. The van der Waals surface area contributed by atoms with Crippen LogP contribution in [0, 0.1) is 11.8 Å². The van der Waals surface area contributed by atoms with Gasteiger partial charge in [0, 0.05) is 19.3 Å². The Bertz CT molecular complexity index is 245. The van der Waals surface area contributed by atoms with Gasteiger partial charge in [0.15, 0.2) is 0 Å². The van der Waals surface area contributed by atoms with Crippen LogP contribution >= 0.6 is 0 Å². The minimum atomic E-state index is -0.0363. The van der Waals surface area contributed by atoms with E-state index in [0.717, 1.165) is 45.3 Å². The van der Waals surface area contributed by atoms with Gasteiger partial charge >= 0.3 is 5.97 Å². The number of nitrogens with two attached hydrogens (primary N) is 1. The maximum Gasteiger partial charge on any atom is 0.309 e. The van der Waals surface area contributed by atoms with Crippen LogP contribution in [0.15, 0.2) is 0 Å². The topological polar surface area (TPSA) is 61.5 Å². The molecule has 0 heterocycles. The minimum Gasteiger partial charge on any atom is -0.466 e. The van der Waals surface area contributed by atoms with Crippen LogP contribution in [-0.2, 0) is 14.3 Å². The number of carbonyl (C=O) groups is 1.